The van der Waals surface area contributed by atoms with Gasteiger partial charge in [-0.3, -0.25) is 4.79 Å². The molecule has 1 unspecified atom stereocenters. The number of ketones is 1. The number of ether oxygens (including phenoxy) is 1. The number of anilines is 1. The van der Waals surface area contributed by atoms with Crippen LogP contribution in [-0.2, 0) is 4.74 Å². The van der Waals surface area contributed by atoms with Gasteiger partial charge in [0.15, 0.2) is 5.78 Å². The summed E-state index contributed by atoms with van der Waals surface area (Å²) >= 11 is 3.50. The third-order valence-corrected chi connectivity index (χ3v) is 4.03. The van der Waals surface area contributed by atoms with E-state index >= 15 is 0 Å². The van der Waals surface area contributed by atoms with Crippen molar-refractivity contribution in [1.29, 1.82) is 0 Å². The Bertz CT molecular complexity index is 533. The molecule has 0 aromatic heterocycles. The van der Waals surface area contributed by atoms with E-state index in [4.69, 9.17) is 0 Å². The van der Waals surface area contributed by atoms with Gasteiger partial charge < -0.3 is 15.0 Å². The summed E-state index contributed by atoms with van der Waals surface area (Å²) in [6.45, 7) is 3.13. The zero-order chi connectivity index (χ0) is 14.7. The van der Waals surface area contributed by atoms with Crippen LogP contribution in [0.5, 0.6) is 0 Å². The molecule has 1 heterocycles. The second-order valence-electron chi connectivity index (χ2n) is 4.79. The fourth-order valence-corrected chi connectivity index (χ4v) is 2.93. The maximum absolute atomic E-state index is 11.3. The molecule has 1 saturated heterocycles. The van der Waals surface area contributed by atoms with E-state index in [1.165, 1.54) is 7.11 Å². The fourth-order valence-electron chi connectivity index (χ4n) is 2.30. The standard InChI is InChI=1S/C14H17BrN2O3/c1-9(18)10-3-4-13(12(15)7-10)17-6-5-11(8-17)16-14(19)20-2/h3-4,7,11H,5-6,8H2,1-2H3,(H,16,19). The predicted octanol–water partition coefficient (Wildman–Crippen LogP) is 2.59. The van der Waals surface area contributed by atoms with Gasteiger partial charge in [-0.15, -0.1) is 0 Å². The van der Waals surface area contributed by atoms with Gasteiger partial charge in [0, 0.05) is 23.1 Å². The van der Waals surface area contributed by atoms with E-state index in [0.29, 0.717) is 5.56 Å². The lowest BCUT2D eigenvalue weighted by Crippen LogP contribution is -2.37. The highest BCUT2D eigenvalue weighted by atomic mass is 79.9. The lowest BCUT2D eigenvalue weighted by molar-refractivity contribution is 0.101. The summed E-state index contributed by atoms with van der Waals surface area (Å²) in [5.41, 5.74) is 1.72. The van der Waals surface area contributed by atoms with Gasteiger partial charge in [0.1, 0.15) is 0 Å². The number of hydrogen-bond donors (Lipinski definition) is 1. The first-order chi connectivity index (χ1) is 9.51. The van der Waals surface area contributed by atoms with Gasteiger partial charge in [0.05, 0.1) is 18.8 Å². The Morgan fingerprint density at radius 3 is 2.80 bits per heavy atom. The van der Waals surface area contributed by atoms with Crippen molar-refractivity contribution in [1.82, 2.24) is 5.32 Å². The average molecular weight is 341 g/mol. The van der Waals surface area contributed by atoms with Crippen LogP contribution in [-0.4, -0.2) is 38.1 Å². The lowest BCUT2D eigenvalue weighted by atomic mass is 10.1. The minimum atomic E-state index is -0.400. The highest BCUT2D eigenvalue weighted by molar-refractivity contribution is 9.10. The number of methoxy groups -OCH3 is 1. The summed E-state index contributed by atoms with van der Waals surface area (Å²) in [4.78, 5) is 24.7. The van der Waals surface area contributed by atoms with Gasteiger partial charge in [-0.2, -0.15) is 0 Å². The van der Waals surface area contributed by atoms with E-state index < -0.39 is 6.09 Å². The molecule has 1 amide bonds. The second kappa shape index (κ2) is 6.26. The van der Waals surface area contributed by atoms with Crippen molar-refractivity contribution in [2.45, 2.75) is 19.4 Å². The zero-order valence-electron chi connectivity index (χ0n) is 11.5. The molecule has 108 valence electrons. The van der Waals surface area contributed by atoms with Crippen molar-refractivity contribution in [3.8, 4) is 0 Å². The number of Topliss-reactive ketones (excluding diaryl/α,β-unsaturated/α-hetero) is 1. The Balaban J connectivity index is 2.06. The van der Waals surface area contributed by atoms with E-state index in [0.717, 1.165) is 29.7 Å². The Morgan fingerprint density at radius 2 is 2.20 bits per heavy atom. The zero-order valence-corrected chi connectivity index (χ0v) is 13.1. The summed E-state index contributed by atoms with van der Waals surface area (Å²) in [5.74, 6) is 0.0453. The molecule has 5 nitrogen and oxygen atoms in total. The first kappa shape index (κ1) is 14.8. The van der Waals surface area contributed by atoms with Crippen LogP contribution in [0.4, 0.5) is 10.5 Å². The van der Waals surface area contributed by atoms with Crippen LogP contribution in [0.2, 0.25) is 0 Å². The molecule has 1 atom stereocenters. The molecule has 2 rings (SSSR count). The number of carbonyl (C=O) groups is 2. The second-order valence-corrected chi connectivity index (χ2v) is 5.64. The Morgan fingerprint density at radius 1 is 1.45 bits per heavy atom. The van der Waals surface area contributed by atoms with E-state index in [9.17, 15) is 9.59 Å². The number of benzene rings is 1. The number of alkyl carbamates (subject to hydrolysis) is 1. The number of amides is 1. The topological polar surface area (TPSA) is 58.6 Å². The van der Waals surface area contributed by atoms with Crippen LogP contribution in [0, 0.1) is 0 Å². The Hall–Kier alpha value is -1.56. The minimum Gasteiger partial charge on any atom is -0.453 e. The van der Waals surface area contributed by atoms with Gasteiger partial charge in [-0.05, 0) is 47.5 Å². The SMILES string of the molecule is COC(=O)NC1CCN(c2ccc(C(C)=O)cc2Br)C1. The largest absolute Gasteiger partial charge is 0.453 e. The van der Waals surface area contributed by atoms with Crippen LogP contribution in [0.25, 0.3) is 0 Å². The van der Waals surface area contributed by atoms with Gasteiger partial charge in [0.2, 0.25) is 0 Å². The van der Waals surface area contributed by atoms with Crippen molar-refractivity contribution in [3.05, 3.63) is 28.2 Å². The maximum atomic E-state index is 11.3. The molecule has 1 aliphatic heterocycles. The number of carbonyl (C=O) groups excluding carboxylic acids is 2. The number of rotatable bonds is 3. The molecule has 1 aliphatic rings. The average Bonchev–Trinajstić information content (AvgIpc) is 2.86. The first-order valence-electron chi connectivity index (χ1n) is 6.41. The van der Waals surface area contributed by atoms with E-state index in [1.807, 2.05) is 18.2 Å². The molecule has 6 heteroatoms. The third-order valence-electron chi connectivity index (χ3n) is 3.39. The van der Waals surface area contributed by atoms with Gasteiger partial charge in [-0.25, -0.2) is 4.79 Å². The maximum Gasteiger partial charge on any atom is 0.407 e. The molecule has 0 spiro atoms. The van der Waals surface area contributed by atoms with Crippen LogP contribution in [0.3, 0.4) is 0 Å². The van der Waals surface area contributed by atoms with Gasteiger partial charge in [-0.1, -0.05) is 0 Å². The lowest BCUT2D eigenvalue weighted by Gasteiger charge is -2.20. The van der Waals surface area contributed by atoms with Crippen molar-refractivity contribution in [2.24, 2.45) is 0 Å². The highest BCUT2D eigenvalue weighted by Gasteiger charge is 2.25. The number of nitrogens with one attached hydrogen (secondary N) is 1. The summed E-state index contributed by atoms with van der Waals surface area (Å²) in [6.07, 6.45) is 0.471. The highest BCUT2D eigenvalue weighted by Crippen LogP contribution is 2.30. The Kier molecular flexibility index (Phi) is 4.65. The van der Waals surface area contributed by atoms with Crippen LogP contribution in [0.15, 0.2) is 22.7 Å². The summed E-state index contributed by atoms with van der Waals surface area (Å²) < 4.78 is 5.50. The Labute approximate surface area is 126 Å². The van der Waals surface area contributed by atoms with Crippen LogP contribution < -0.4 is 10.2 Å². The fraction of sp³-hybridized carbons (Fsp3) is 0.429. The normalized spacial score (nSPS) is 17.9. The van der Waals surface area contributed by atoms with Gasteiger partial charge >= 0.3 is 6.09 Å². The van der Waals surface area contributed by atoms with Crippen molar-refractivity contribution in [3.63, 3.8) is 0 Å². The summed E-state index contributed by atoms with van der Waals surface area (Å²) in [6, 6.07) is 5.67. The minimum absolute atomic E-state index is 0.0453. The summed E-state index contributed by atoms with van der Waals surface area (Å²) in [7, 11) is 1.36. The molecule has 0 bridgehead atoms. The molecule has 0 aliphatic carbocycles. The van der Waals surface area contributed by atoms with Crippen molar-refractivity contribution >= 4 is 33.5 Å². The molecule has 0 saturated carbocycles. The molecular weight excluding hydrogens is 324 g/mol. The molecular formula is C14H17BrN2O3. The quantitative estimate of drug-likeness (QED) is 0.859. The molecule has 1 N–H and O–H groups in total. The van der Waals surface area contributed by atoms with E-state index in [2.05, 4.69) is 30.9 Å². The predicted molar refractivity (Wildman–Crippen MR) is 80.3 cm³/mol. The van der Waals surface area contributed by atoms with Crippen molar-refractivity contribution in [2.75, 3.05) is 25.1 Å². The summed E-state index contributed by atoms with van der Waals surface area (Å²) in [5, 5.41) is 2.81. The smallest absolute Gasteiger partial charge is 0.407 e. The number of halogens is 1. The van der Waals surface area contributed by atoms with Gasteiger partial charge in [0.25, 0.3) is 0 Å². The van der Waals surface area contributed by atoms with Crippen molar-refractivity contribution < 1.29 is 14.3 Å². The monoisotopic (exact) mass is 340 g/mol. The molecule has 20 heavy (non-hydrogen) atoms. The molecule has 0 radical (unpaired) electrons. The molecule has 1 aromatic rings. The molecule has 1 fully saturated rings. The number of nitrogens with zero attached hydrogens (tertiary/aromatic N) is 1. The van der Waals surface area contributed by atoms with Crippen LogP contribution in [0.1, 0.15) is 23.7 Å². The van der Waals surface area contributed by atoms with E-state index in [-0.39, 0.29) is 11.8 Å². The third kappa shape index (κ3) is 3.30. The molecule has 1 aromatic carbocycles. The van der Waals surface area contributed by atoms with Crippen LogP contribution >= 0.6 is 15.9 Å². The van der Waals surface area contributed by atoms with E-state index in [1.54, 1.807) is 6.92 Å². The first-order valence-corrected chi connectivity index (χ1v) is 7.20. The number of hydrogen-bond acceptors (Lipinski definition) is 4.